The normalized spacial score (nSPS) is 26.1. The van der Waals surface area contributed by atoms with Gasteiger partial charge in [-0.1, -0.05) is 12.8 Å². The minimum Gasteiger partial charge on any atom is -0.352 e. The molecule has 23 heavy (non-hydrogen) atoms. The standard InChI is InChI=1S/C15H24N4O3.ClH/c20-12(17-11-4-3-8-16-10-11)5-9-19-13(21)15(18-14(19)22)6-1-2-7-15;/h11,16H,1-10H2,(H,17,20)(H,18,22);1H/t11-;/m0./s1. The second kappa shape index (κ2) is 7.49. The van der Waals surface area contributed by atoms with Crippen LogP contribution in [0.5, 0.6) is 0 Å². The number of carbonyl (C=O) groups excluding carboxylic acids is 3. The van der Waals surface area contributed by atoms with Gasteiger partial charge in [-0.3, -0.25) is 14.5 Å². The van der Waals surface area contributed by atoms with Crippen molar-refractivity contribution in [3.8, 4) is 0 Å². The SMILES string of the molecule is Cl.O=C(CCN1C(=O)NC2(CCCC2)C1=O)N[C@H]1CCCNC1. The Morgan fingerprint density at radius 2 is 2.00 bits per heavy atom. The summed E-state index contributed by atoms with van der Waals surface area (Å²) in [5.74, 6) is -0.246. The highest BCUT2D eigenvalue weighted by molar-refractivity contribution is 6.07. The van der Waals surface area contributed by atoms with Gasteiger partial charge in [0.1, 0.15) is 5.54 Å². The summed E-state index contributed by atoms with van der Waals surface area (Å²) < 4.78 is 0. The Bertz CT molecular complexity index is 473. The van der Waals surface area contributed by atoms with Crippen LogP contribution in [-0.4, -0.2) is 54.0 Å². The molecule has 4 amide bonds. The van der Waals surface area contributed by atoms with Gasteiger partial charge < -0.3 is 16.0 Å². The molecule has 130 valence electrons. The van der Waals surface area contributed by atoms with Crippen molar-refractivity contribution in [2.45, 2.75) is 56.5 Å². The number of imide groups is 1. The van der Waals surface area contributed by atoms with Crippen molar-refractivity contribution in [1.82, 2.24) is 20.9 Å². The number of piperidine rings is 1. The van der Waals surface area contributed by atoms with Crippen molar-refractivity contribution in [2.24, 2.45) is 0 Å². The van der Waals surface area contributed by atoms with Crippen LogP contribution >= 0.6 is 12.4 Å². The first kappa shape index (κ1) is 18.0. The van der Waals surface area contributed by atoms with Crippen LogP contribution in [0.15, 0.2) is 0 Å². The molecule has 3 fully saturated rings. The Labute approximate surface area is 142 Å². The third-order valence-corrected chi connectivity index (χ3v) is 4.93. The molecule has 0 radical (unpaired) electrons. The molecule has 1 spiro atoms. The van der Waals surface area contributed by atoms with Gasteiger partial charge in [0.05, 0.1) is 0 Å². The van der Waals surface area contributed by atoms with E-state index in [2.05, 4.69) is 16.0 Å². The molecule has 1 aliphatic carbocycles. The van der Waals surface area contributed by atoms with Crippen LogP contribution in [0, 0.1) is 0 Å². The van der Waals surface area contributed by atoms with Gasteiger partial charge >= 0.3 is 6.03 Å². The number of nitrogens with zero attached hydrogens (tertiary/aromatic N) is 1. The fourth-order valence-electron chi connectivity index (χ4n) is 3.68. The number of rotatable bonds is 4. The van der Waals surface area contributed by atoms with Crippen LogP contribution in [0.1, 0.15) is 44.9 Å². The molecule has 0 unspecified atom stereocenters. The summed E-state index contributed by atoms with van der Waals surface area (Å²) in [5, 5.41) is 9.03. The smallest absolute Gasteiger partial charge is 0.325 e. The number of hydrogen-bond donors (Lipinski definition) is 3. The van der Waals surface area contributed by atoms with Crippen LogP contribution in [0.2, 0.25) is 0 Å². The lowest BCUT2D eigenvalue weighted by Crippen LogP contribution is -2.46. The Morgan fingerprint density at radius 1 is 1.26 bits per heavy atom. The number of urea groups is 1. The van der Waals surface area contributed by atoms with E-state index in [1.807, 2.05) is 0 Å². The van der Waals surface area contributed by atoms with Crippen molar-refractivity contribution < 1.29 is 14.4 Å². The highest BCUT2D eigenvalue weighted by Gasteiger charge is 2.52. The van der Waals surface area contributed by atoms with Gasteiger partial charge in [0, 0.05) is 25.6 Å². The Kier molecular flexibility index (Phi) is 5.86. The summed E-state index contributed by atoms with van der Waals surface area (Å²) in [4.78, 5) is 37.6. The van der Waals surface area contributed by atoms with Gasteiger partial charge in [-0.15, -0.1) is 12.4 Å². The molecule has 3 aliphatic rings. The predicted octanol–water partition coefficient (Wildman–Crippen LogP) is 0.531. The fourth-order valence-corrected chi connectivity index (χ4v) is 3.68. The largest absolute Gasteiger partial charge is 0.352 e. The predicted molar refractivity (Wildman–Crippen MR) is 87.3 cm³/mol. The number of hydrogen-bond acceptors (Lipinski definition) is 4. The number of carbonyl (C=O) groups is 3. The average molecular weight is 345 g/mol. The fraction of sp³-hybridized carbons (Fsp3) is 0.800. The Hall–Kier alpha value is -1.34. The molecule has 0 aromatic rings. The molecule has 3 N–H and O–H groups in total. The Morgan fingerprint density at radius 3 is 2.65 bits per heavy atom. The zero-order valence-electron chi connectivity index (χ0n) is 13.2. The van der Waals surface area contributed by atoms with Crippen molar-refractivity contribution >= 4 is 30.3 Å². The van der Waals surface area contributed by atoms with Gasteiger partial charge in [0.2, 0.25) is 5.91 Å². The first-order chi connectivity index (χ1) is 10.6. The van der Waals surface area contributed by atoms with E-state index < -0.39 is 5.54 Å². The van der Waals surface area contributed by atoms with Crippen LogP contribution in [0.25, 0.3) is 0 Å². The number of halogens is 1. The molecule has 0 aromatic carbocycles. The zero-order chi connectivity index (χ0) is 15.6. The van der Waals surface area contributed by atoms with Gasteiger partial charge in [0.25, 0.3) is 5.91 Å². The number of amides is 4. The molecular weight excluding hydrogens is 320 g/mol. The number of nitrogens with one attached hydrogen (secondary N) is 3. The molecule has 0 bridgehead atoms. The lowest BCUT2D eigenvalue weighted by Gasteiger charge is -2.24. The lowest BCUT2D eigenvalue weighted by atomic mass is 9.98. The second-order valence-corrected chi connectivity index (χ2v) is 6.54. The first-order valence-corrected chi connectivity index (χ1v) is 8.25. The molecule has 0 aromatic heterocycles. The molecule has 8 heteroatoms. The molecule has 3 rings (SSSR count). The van der Waals surface area contributed by atoms with E-state index in [0.717, 1.165) is 38.8 Å². The van der Waals surface area contributed by atoms with Gasteiger partial charge in [-0.25, -0.2) is 4.79 Å². The summed E-state index contributed by atoms with van der Waals surface area (Å²) in [6.07, 6.45) is 5.57. The first-order valence-electron chi connectivity index (χ1n) is 8.25. The van der Waals surface area contributed by atoms with E-state index in [1.54, 1.807) is 0 Å². The van der Waals surface area contributed by atoms with Crippen molar-refractivity contribution in [2.75, 3.05) is 19.6 Å². The quantitative estimate of drug-likeness (QED) is 0.649. The molecule has 2 aliphatic heterocycles. The van der Waals surface area contributed by atoms with Crippen molar-refractivity contribution in [3.05, 3.63) is 0 Å². The minimum absolute atomic E-state index is 0. The third kappa shape index (κ3) is 3.77. The molecular formula is C15H25ClN4O3. The van der Waals surface area contributed by atoms with Gasteiger partial charge in [0.15, 0.2) is 0 Å². The summed E-state index contributed by atoms with van der Waals surface area (Å²) in [6.45, 7) is 1.95. The van der Waals surface area contributed by atoms with Crippen LogP contribution in [0.3, 0.4) is 0 Å². The topological polar surface area (TPSA) is 90.5 Å². The van der Waals surface area contributed by atoms with E-state index in [1.165, 1.54) is 4.90 Å². The zero-order valence-corrected chi connectivity index (χ0v) is 14.0. The summed E-state index contributed by atoms with van der Waals surface area (Å²) in [5.41, 5.74) is -0.680. The van der Waals surface area contributed by atoms with Crippen LogP contribution < -0.4 is 16.0 Å². The van der Waals surface area contributed by atoms with E-state index in [9.17, 15) is 14.4 Å². The lowest BCUT2D eigenvalue weighted by molar-refractivity contribution is -0.131. The Balaban J connectivity index is 0.00000192. The van der Waals surface area contributed by atoms with Crippen LogP contribution in [-0.2, 0) is 9.59 Å². The third-order valence-electron chi connectivity index (χ3n) is 4.93. The highest BCUT2D eigenvalue weighted by Crippen LogP contribution is 2.34. The summed E-state index contributed by atoms with van der Waals surface area (Å²) in [6, 6.07) is -0.190. The molecule has 7 nitrogen and oxygen atoms in total. The van der Waals surface area contributed by atoms with E-state index in [4.69, 9.17) is 0 Å². The van der Waals surface area contributed by atoms with Gasteiger partial charge in [-0.2, -0.15) is 0 Å². The summed E-state index contributed by atoms with van der Waals surface area (Å²) >= 11 is 0. The summed E-state index contributed by atoms with van der Waals surface area (Å²) in [7, 11) is 0. The maximum Gasteiger partial charge on any atom is 0.325 e. The molecule has 1 atom stereocenters. The van der Waals surface area contributed by atoms with E-state index in [-0.39, 0.29) is 49.3 Å². The molecule has 2 heterocycles. The van der Waals surface area contributed by atoms with Crippen molar-refractivity contribution in [1.29, 1.82) is 0 Å². The monoisotopic (exact) mass is 344 g/mol. The van der Waals surface area contributed by atoms with E-state index >= 15 is 0 Å². The van der Waals surface area contributed by atoms with Crippen molar-refractivity contribution in [3.63, 3.8) is 0 Å². The second-order valence-electron chi connectivity index (χ2n) is 6.54. The maximum absolute atomic E-state index is 12.4. The van der Waals surface area contributed by atoms with Gasteiger partial charge in [-0.05, 0) is 32.2 Å². The van der Waals surface area contributed by atoms with Crippen LogP contribution in [0.4, 0.5) is 4.79 Å². The molecule has 1 saturated carbocycles. The molecule has 2 saturated heterocycles. The average Bonchev–Trinajstić information content (AvgIpc) is 3.06. The van der Waals surface area contributed by atoms with E-state index in [0.29, 0.717) is 12.8 Å². The minimum atomic E-state index is -0.680. The highest BCUT2D eigenvalue weighted by atomic mass is 35.5. The maximum atomic E-state index is 12.4.